The summed E-state index contributed by atoms with van der Waals surface area (Å²) in [6.07, 6.45) is 1.72. The molecule has 2 amide bonds. The van der Waals surface area contributed by atoms with Gasteiger partial charge in [-0.15, -0.1) is 0 Å². The summed E-state index contributed by atoms with van der Waals surface area (Å²) in [4.78, 5) is 26.6. The van der Waals surface area contributed by atoms with Crippen LogP contribution in [0.4, 0.5) is 0 Å². The second kappa shape index (κ2) is 7.19. The van der Waals surface area contributed by atoms with Gasteiger partial charge in [0.15, 0.2) is 4.32 Å². The molecule has 1 aliphatic rings. The molecular formula is C17H9BrClNO2S2. The number of hydrogen-bond donors (Lipinski definition) is 0. The lowest BCUT2D eigenvalue weighted by molar-refractivity contribution is -0.120. The van der Waals surface area contributed by atoms with E-state index < -0.39 is 11.8 Å². The fraction of sp³-hybridized carbons (Fsp3) is 0. The van der Waals surface area contributed by atoms with Gasteiger partial charge in [-0.2, -0.15) is 0 Å². The van der Waals surface area contributed by atoms with Crippen LogP contribution in [0, 0.1) is 0 Å². The van der Waals surface area contributed by atoms with E-state index in [4.69, 9.17) is 23.8 Å². The van der Waals surface area contributed by atoms with Gasteiger partial charge in [-0.05, 0) is 48.0 Å². The molecule has 1 saturated heterocycles. The summed E-state index contributed by atoms with van der Waals surface area (Å²) in [5, 5.41) is 0.520. The largest absolute Gasteiger partial charge is 0.273 e. The molecule has 1 fully saturated rings. The van der Waals surface area contributed by atoms with Gasteiger partial charge < -0.3 is 0 Å². The Labute approximate surface area is 161 Å². The lowest BCUT2D eigenvalue weighted by Crippen LogP contribution is -2.34. The topological polar surface area (TPSA) is 37.4 Å². The van der Waals surface area contributed by atoms with Crippen LogP contribution in [0.2, 0.25) is 5.02 Å². The van der Waals surface area contributed by atoms with E-state index in [1.807, 2.05) is 24.3 Å². The Bertz CT molecular complexity index is 863. The van der Waals surface area contributed by atoms with Crippen LogP contribution in [0.1, 0.15) is 15.9 Å². The van der Waals surface area contributed by atoms with Gasteiger partial charge in [-0.1, -0.05) is 63.6 Å². The molecule has 0 N–H and O–H groups in total. The number of imide groups is 1. The number of halogens is 2. The van der Waals surface area contributed by atoms with Gasteiger partial charge in [-0.3, -0.25) is 9.59 Å². The summed E-state index contributed by atoms with van der Waals surface area (Å²) in [5.74, 6) is -0.860. The molecule has 0 aliphatic carbocycles. The maximum Gasteiger partial charge on any atom is 0.273 e. The van der Waals surface area contributed by atoms with Crippen LogP contribution in [0.5, 0.6) is 0 Å². The third-order valence-electron chi connectivity index (χ3n) is 3.26. The van der Waals surface area contributed by atoms with Crippen molar-refractivity contribution in [2.75, 3.05) is 0 Å². The highest BCUT2D eigenvalue weighted by molar-refractivity contribution is 9.10. The van der Waals surface area contributed by atoms with Gasteiger partial charge in [0.05, 0.1) is 4.91 Å². The Morgan fingerprint density at radius 3 is 2.38 bits per heavy atom. The van der Waals surface area contributed by atoms with Crippen molar-refractivity contribution in [1.82, 2.24) is 4.90 Å². The first kappa shape index (κ1) is 17.4. The molecule has 2 aromatic carbocycles. The molecule has 0 aromatic heterocycles. The predicted octanol–water partition coefficient (Wildman–Crippen LogP) is 5.14. The smallest absolute Gasteiger partial charge is 0.268 e. The number of nitrogens with zero attached hydrogens (tertiary/aromatic N) is 1. The zero-order valence-electron chi connectivity index (χ0n) is 12.0. The lowest BCUT2D eigenvalue weighted by atomic mass is 10.2. The molecule has 120 valence electrons. The van der Waals surface area contributed by atoms with Crippen LogP contribution in [-0.4, -0.2) is 21.0 Å². The molecular weight excluding hydrogens is 430 g/mol. The number of benzene rings is 2. The van der Waals surface area contributed by atoms with Crippen LogP contribution >= 0.6 is 51.5 Å². The SMILES string of the molecule is O=C1/C(=C\c2ccc(Br)cc2)SC(=S)N1C(=O)c1ccc(Cl)cc1. The van der Waals surface area contributed by atoms with Crippen LogP contribution in [0.15, 0.2) is 57.9 Å². The number of carbonyl (C=O) groups is 2. The minimum absolute atomic E-state index is 0.225. The molecule has 1 aliphatic heterocycles. The van der Waals surface area contributed by atoms with Gasteiger partial charge in [0.1, 0.15) is 0 Å². The van der Waals surface area contributed by atoms with E-state index in [1.165, 1.54) is 0 Å². The number of carbonyl (C=O) groups excluding carboxylic acids is 2. The molecule has 7 heteroatoms. The summed E-state index contributed by atoms with van der Waals surface area (Å²) in [5.41, 5.74) is 1.22. The fourth-order valence-electron chi connectivity index (χ4n) is 2.07. The highest BCUT2D eigenvalue weighted by Crippen LogP contribution is 2.33. The van der Waals surface area contributed by atoms with Gasteiger partial charge in [0.25, 0.3) is 11.8 Å². The van der Waals surface area contributed by atoms with Gasteiger partial charge in [0.2, 0.25) is 0 Å². The summed E-state index contributed by atoms with van der Waals surface area (Å²) < 4.78 is 1.17. The van der Waals surface area contributed by atoms with E-state index >= 15 is 0 Å². The minimum atomic E-state index is -0.451. The summed E-state index contributed by atoms with van der Waals surface area (Å²) in [7, 11) is 0. The maximum absolute atomic E-state index is 12.6. The first-order valence-electron chi connectivity index (χ1n) is 6.79. The number of rotatable bonds is 2. The fourth-order valence-corrected chi connectivity index (χ4v) is 3.72. The molecule has 1 heterocycles. The predicted molar refractivity (Wildman–Crippen MR) is 105 cm³/mol. The minimum Gasteiger partial charge on any atom is -0.268 e. The summed E-state index contributed by atoms with van der Waals surface area (Å²) in [6, 6.07) is 13.9. The average Bonchev–Trinajstić information content (AvgIpc) is 2.83. The Kier molecular flexibility index (Phi) is 5.20. The van der Waals surface area contributed by atoms with E-state index in [2.05, 4.69) is 15.9 Å². The molecule has 0 unspecified atom stereocenters. The van der Waals surface area contributed by atoms with Crippen LogP contribution in [0.3, 0.4) is 0 Å². The van der Waals surface area contributed by atoms with Gasteiger partial charge in [-0.25, -0.2) is 4.90 Å². The molecule has 2 aromatic rings. The summed E-state index contributed by atoms with van der Waals surface area (Å²) >= 11 is 15.5. The monoisotopic (exact) mass is 437 g/mol. The van der Waals surface area contributed by atoms with Crippen molar-refractivity contribution in [2.45, 2.75) is 0 Å². The van der Waals surface area contributed by atoms with Crippen molar-refractivity contribution in [1.29, 1.82) is 0 Å². The molecule has 3 rings (SSSR count). The maximum atomic E-state index is 12.6. The first-order chi connectivity index (χ1) is 11.5. The molecule has 0 atom stereocenters. The van der Waals surface area contributed by atoms with Gasteiger partial charge >= 0.3 is 0 Å². The number of amides is 2. The second-order valence-corrected chi connectivity index (χ2v) is 7.91. The van der Waals surface area contributed by atoms with Crippen molar-refractivity contribution >= 4 is 73.7 Å². The normalized spacial score (nSPS) is 16.1. The van der Waals surface area contributed by atoms with Crippen molar-refractivity contribution < 1.29 is 9.59 Å². The number of hydrogen-bond acceptors (Lipinski definition) is 4. The lowest BCUT2D eigenvalue weighted by Gasteiger charge is -2.12. The third-order valence-corrected chi connectivity index (χ3v) is 5.34. The molecule has 24 heavy (non-hydrogen) atoms. The molecule has 3 nitrogen and oxygen atoms in total. The van der Waals surface area contributed by atoms with Crippen molar-refractivity contribution in [3.8, 4) is 0 Å². The number of thiocarbonyl (C=S) groups is 1. The average molecular weight is 439 g/mol. The first-order valence-corrected chi connectivity index (χ1v) is 9.19. The van der Waals surface area contributed by atoms with Crippen molar-refractivity contribution in [3.05, 3.63) is 74.1 Å². The Hall–Kier alpha value is -1.47. The van der Waals surface area contributed by atoms with Crippen molar-refractivity contribution in [2.24, 2.45) is 0 Å². The molecule has 0 radical (unpaired) electrons. The third kappa shape index (κ3) is 3.62. The zero-order valence-corrected chi connectivity index (χ0v) is 16.0. The molecule has 0 saturated carbocycles. The van der Waals surface area contributed by atoms with Gasteiger partial charge in [0, 0.05) is 15.1 Å². The quantitative estimate of drug-likeness (QED) is 0.369. The Morgan fingerprint density at radius 2 is 1.75 bits per heavy atom. The van der Waals surface area contributed by atoms with Crippen LogP contribution < -0.4 is 0 Å². The zero-order chi connectivity index (χ0) is 17.3. The van der Waals surface area contributed by atoms with E-state index in [0.29, 0.717) is 15.5 Å². The Balaban J connectivity index is 1.87. The highest BCUT2D eigenvalue weighted by atomic mass is 79.9. The summed E-state index contributed by atoms with van der Waals surface area (Å²) in [6.45, 7) is 0. The molecule has 0 bridgehead atoms. The van der Waals surface area contributed by atoms with E-state index in [1.54, 1.807) is 30.3 Å². The highest BCUT2D eigenvalue weighted by Gasteiger charge is 2.37. The molecule has 0 spiro atoms. The van der Waals surface area contributed by atoms with Crippen LogP contribution in [-0.2, 0) is 4.79 Å². The van der Waals surface area contributed by atoms with E-state index in [9.17, 15) is 9.59 Å². The standard InChI is InChI=1S/C17H9BrClNO2S2/c18-12-5-1-10(2-6-12)9-14-16(22)20(17(23)24-14)15(21)11-3-7-13(19)8-4-11/h1-9H/b14-9+. The number of thioether (sulfide) groups is 1. The van der Waals surface area contributed by atoms with E-state index in [-0.39, 0.29) is 4.32 Å². The van der Waals surface area contributed by atoms with E-state index in [0.717, 1.165) is 26.7 Å². The second-order valence-electron chi connectivity index (χ2n) is 4.88. The Morgan fingerprint density at radius 1 is 1.12 bits per heavy atom. The van der Waals surface area contributed by atoms with Crippen molar-refractivity contribution in [3.63, 3.8) is 0 Å². The van der Waals surface area contributed by atoms with Crippen LogP contribution in [0.25, 0.3) is 6.08 Å².